The van der Waals surface area contributed by atoms with Gasteiger partial charge in [0.2, 0.25) is 15.6 Å². The van der Waals surface area contributed by atoms with Crippen molar-refractivity contribution < 1.29 is 8.42 Å². The first kappa shape index (κ1) is 16.2. The molecule has 7 heteroatoms. The molecule has 0 amide bonds. The number of pyridine rings is 1. The van der Waals surface area contributed by atoms with Crippen LogP contribution in [0.3, 0.4) is 0 Å². The number of sulfonamides is 1. The SMILES string of the molecule is CCCN1CCN(S(=O)(=O)c2ccc3[nH]c(=O)ccc3c2)CC1. The molecule has 0 radical (unpaired) electrons. The van der Waals surface area contributed by atoms with Crippen molar-refractivity contribution in [3.05, 3.63) is 40.7 Å². The largest absolute Gasteiger partial charge is 0.322 e. The van der Waals surface area contributed by atoms with Crippen LogP contribution in [0.25, 0.3) is 10.9 Å². The number of nitrogens with zero attached hydrogens (tertiary/aromatic N) is 2. The lowest BCUT2D eigenvalue weighted by Crippen LogP contribution is -2.48. The van der Waals surface area contributed by atoms with Crippen molar-refractivity contribution in [2.24, 2.45) is 0 Å². The van der Waals surface area contributed by atoms with E-state index in [-0.39, 0.29) is 10.5 Å². The van der Waals surface area contributed by atoms with E-state index >= 15 is 0 Å². The van der Waals surface area contributed by atoms with E-state index in [1.165, 1.54) is 6.07 Å². The molecule has 0 spiro atoms. The van der Waals surface area contributed by atoms with Gasteiger partial charge in [0.25, 0.3) is 0 Å². The number of fused-ring (bicyclic) bond motifs is 1. The molecule has 1 fully saturated rings. The van der Waals surface area contributed by atoms with Crippen LogP contribution < -0.4 is 5.56 Å². The van der Waals surface area contributed by atoms with Crippen LogP contribution in [-0.4, -0.2) is 55.3 Å². The van der Waals surface area contributed by atoms with Crippen LogP contribution in [0.4, 0.5) is 0 Å². The van der Waals surface area contributed by atoms with Gasteiger partial charge in [-0.25, -0.2) is 8.42 Å². The topological polar surface area (TPSA) is 73.5 Å². The third-order valence-electron chi connectivity index (χ3n) is 4.20. The van der Waals surface area contributed by atoms with Crippen LogP contribution in [-0.2, 0) is 10.0 Å². The molecule has 0 aliphatic carbocycles. The summed E-state index contributed by atoms with van der Waals surface area (Å²) in [6.45, 7) is 5.72. The molecule has 0 saturated carbocycles. The number of aromatic nitrogens is 1. The average molecular weight is 335 g/mol. The fraction of sp³-hybridized carbons (Fsp3) is 0.438. The monoisotopic (exact) mass is 335 g/mol. The van der Waals surface area contributed by atoms with Crippen LogP contribution >= 0.6 is 0 Å². The number of rotatable bonds is 4. The zero-order valence-electron chi connectivity index (χ0n) is 13.2. The molecule has 6 nitrogen and oxygen atoms in total. The van der Waals surface area contributed by atoms with Gasteiger partial charge in [-0.1, -0.05) is 6.92 Å². The number of hydrogen-bond donors (Lipinski definition) is 1. The minimum Gasteiger partial charge on any atom is -0.322 e. The molecular weight excluding hydrogens is 314 g/mol. The van der Waals surface area contributed by atoms with Crippen molar-refractivity contribution in [1.29, 1.82) is 0 Å². The molecule has 0 atom stereocenters. The van der Waals surface area contributed by atoms with Gasteiger partial charge in [-0.3, -0.25) is 4.79 Å². The Balaban J connectivity index is 1.85. The highest BCUT2D eigenvalue weighted by Gasteiger charge is 2.28. The molecule has 1 aromatic heterocycles. The Morgan fingerprint density at radius 1 is 1.09 bits per heavy atom. The molecule has 124 valence electrons. The van der Waals surface area contributed by atoms with Gasteiger partial charge < -0.3 is 9.88 Å². The molecule has 0 bridgehead atoms. The van der Waals surface area contributed by atoms with Gasteiger partial charge in [0.15, 0.2) is 0 Å². The lowest BCUT2D eigenvalue weighted by Gasteiger charge is -2.33. The van der Waals surface area contributed by atoms with Gasteiger partial charge >= 0.3 is 0 Å². The number of H-pyrrole nitrogens is 1. The maximum absolute atomic E-state index is 12.8. The lowest BCUT2D eigenvalue weighted by atomic mass is 10.2. The van der Waals surface area contributed by atoms with E-state index in [2.05, 4.69) is 16.8 Å². The normalized spacial score (nSPS) is 17.6. The summed E-state index contributed by atoms with van der Waals surface area (Å²) in [7, 11) is -3.49. The number of benzene rings is 1. The predicted octanol–water partition coefficient (Wildman–Crippen LogP) is 1.24. The van der Waals surface area contributed by atoms with Crippen LogP contribution in [0.5, 0.6) is 0 Å². The molecule has 1 aliphatic rings. The highest BCUT2D eigenvalue weighted by Crippen LogP contribution is 2.21. The van der Waals surface area contributed by atoms with Crippen molar-refractivity contribution in [3.63, 3.8) is 0 Å². The summed E-state index contributed by atoms with van der Waals surface area (Å²) in [5.74, 6) is 0. The van der Waals surface area contributed by atoms with Crippen molar-refractivity contribution >= 4 is 20.9 Å². The summed E-state index contributed by atoms with van der Waals surface area (Å²) in [6, 6.07) is 7.89. The molecular formula is C16H21N3O3S. The van der Waals surface area contributed by atoms with Crippen molar-refractivity contribution in [2.75, 3.05) is 32.7 Å². The van der Waals surface area contributed by atoms with Crippen molar-refractivity contribution in [2.45, 2.75) is 18.2 Å². The number of nitrogens with one attached hydrogen (secondary N) is 1. The van der Waals surface area contributed by atoms with E-state index in [0.717, 1.165) is 31.4 Å². The van der Waals surface area contributed by atoms with Crippen molar-refractivity contribution in [1.82, 2.24) is 14.2 Å². The van der Waals surface area contributed by atoms with Gasteiger partial charge in [0.05, 0.1) is 4.90 Å². The Labute approximate surface area is 135 Å². The number of aromatic amines is 1. The molecule has 1 aromatic carbocycles. The molecule has 1 aliphatic heterocycles. The van der Waals surface area contributed by atoms with Gasteiger partial charge in [-0.15, -0.1) is 0 Å². The second-order valence-corrected chi connectivity index (χ2v) is 7.76. The fourth-order valence-corrected chi connectivity index (χ4v) is 4.41. The quantitative estimate of drug-likeness (QED) is 0.912. The first-order valence-corrected chi connectivity index (χ1v) is 9.30. The zero-order chi connectivity index (χ0) is 16.4. The molecule has 0 unspecified atom stereocenters. The van der Waals surface area contributed by atoms with Gasteiger partial charge in [0, 0.05) is 37.8 Å². The summed E-state index contributed by atoms with van der Waals surface area (Å²) in [5, 5.41) is 0.718. The average Bonchev–Trinajstić information content (AvgIpc) is 2.55. The third kappa shape index (κ3) is 3.31. The maximum atomic E-state index is 12.8. The summed E-state index contributed by atoms with van der Waals surface area (Å²) in [5.41, 5.74) is 0.448. The van der Waals surface area contributed by atoms with E-state index in [1.807, 2.05) is 0 Å². The molecule has 1 N–H and O–H groups in total. The summed E-state index contributed by atoms with van der Waals surface area (Å²) < 4.78 is 27.1. The Kier molecular flexibility index (Phi) is 4.52. The lowest BCUT2D eigenvalue weighted by molar-refractivity contribution is 0.188. The van der Waals surface area contributed by atoms with E-state index < -0.39 is 10.0 Å². The second-order valence-electron chi connectivity index (χ2n) is 5.82. The minimum atomic E-state index is -3.49. The van der Waals surface area contributed by atoms with Crippen LogP contribution in [0.1, 0.15) is 13.3 Å². The molecule has 1 saturated heterocycles. The van der Waals surface area contributed by atoms with E-state index in [9.17, 15) is 13.2 Å². The molecule has 23 heavy (non-hydrogen) atoms. The molecule has 3 rings (SSSR count). The summed E-state index contributed by atoms with van der Waals surface area (Å²) in [4.78, 5) is 16.6. The Morgan fingerprint density at radius 2 is 1.83 bits per heavy atom. The first-order chi connectivity index (χ1) is 11.0. The summed E-state index contributed by atoms with van der Waals surface area (Å²) >= 11 is 0. The number of piperazine rings is 1. The molecule has 2 heterocycles. The summed E-state index contributed by atoms with van der Waals surface area (Å²) in [6.07, 6.45) is 1.08. The Morgan fingerprint density at radius 3 is 2.52 bits per heavy atom. The highest BCUT2D eigenvalue weighted by atomic mass is 32.2. The second kappa shape index (κ2) is 6.43. The van der Waals surface area contributed by atoms with E-state index in [4.69, 9.17) is 0 Å². The zero-order valence-corrected chi connectivity index (χ0v) is 14.0. The smallest absolute Gasteiger partial charge is 0.248 e. The Hall–Kier alpha value is -1.70. The Bertz CT molecular complexity index is 852. The van der Waals surface area contributed by atoms with E-state index in [0.29, 0.717) is 18.6 Å². The third-order valence-corrected chi connectivity index (χ3v) is 6.10. The standard InChI is InChI=1S/C16H21N3O3S/c1-2-7-18-8-10-19(11-9-18)23(21,22)14-4-5-15-13(12-14)3-6-16(20)17-15/h3-6,12H,2,7-11H2,1H3,(H,17,20). The fourth-order valence-electron chi connectivity index (χ4n) is 2.95. The first-order valence-electron chi connectivity index (χ1n) is 7.86. The van der Waals surface area contributed by atoms with Crippen LogP contribution in [0, 0.1) is 0 Å². The molecule has 2 aromatic rings. The van der Waals surface area contributed by atoms with E-state index in [1.54, 1.807) is 28.6 Å². The minimum absolute atomic E-state index is 0.194. The van der Waals surface area contributed by atoms with Crippen LogP contribution in [0.2, 0.25) is 0 Å². The number of hydrogen-bond acceptors (Lipinski definition) is 4. The maximum Gasteiger partial charge on any atom is 0.248 e. The highest BCUT2D eigenvalue weighted by molar-refractivity contribution is 7.89. The van der Waals surface area contributed by atoms with Crippen molar-refractivity contribution in [3.8, 4) is 0 Å². The predicted molar refractivity (Wildman–Crippen MR) is 90.1 cm³/mol. The van der Waals surface area contributed by atoms with Gasteiger partial charge in [-0.05, 0) is 42.6 Å². The van der Waals surface area contributed by atoms with Gasteiger partial charge in [-0.2, -0.15) is 4.31 Å². The van der Waals surface area contributed by atoms with Crippen LogP contribution in [0.15, 0.2) is 40.0 Å². The van der Waals surface area contributed by atoms with Gasteiger partial charge in [0.1, 0.15) is 0 Å².